The van der Waals surface area contributed by atoms with Crippen molar-refractivity contribution in [3.8, 4) is 0 Å². The molecule has 0 spiro atoms. The third kappa shape index (κ3) is 4.32. The molecule has 0 fully saturated rings. The Kier molecular flexibility index (Phi) is 4.90. The molecule has 0 bridgehead atoms. The molecule has 0 radical (unpaired) electrons. The molecule has 94 valence electrons. The van der Waals surface area contributed by atoms with Crippen LogP contribution in [0.4, 0.5) is 0 Å². The van der Waals surface area contributed by atoms with Crippen molar-refractivity contribution in [1.29, 1.82) is 0 Å². The number of rotatable bonds is 6. The van der Waals surface area contributed by atoms with Crippen LogP contribution in [0.2, 0.25) is 0 Å². The van der Waals surface area contributed by atoms with Crippen molar-refractivity contribution >= 4 is 10.0 Å². The highest BCUT2D eigenvalue weighted by atomic mass is 32.2. The minimum absolute atomic E-state index is 0.314. The predicted octanol–water partition coefficient (Wildman–Crippen LogP) is 2.49. The van der Waals surface area contributed by atoms with Crippen molar-refractivity contribution in [2.45, 2.75) is 25.2 Å². The van der Waals surface area contributed by atoms with E-state index in [-0.39, 0.29) is 0 Å². The van der Waals surface area contributed by atoms with Gasteiger partial charge >= 0.3 is 0 Å². The van der Waals surface area contributed by atoms with Gasteiger partial charge in [-0.2, -0.15) is 0 Å². The molecule has 1 rings (SSSR count). The van der Waals surface area contributed by atoms with Crippen molar-refractivity contribution in [2.75, 3.05) is 6.54 Å². The highest BCUT2D eigenvalue weighted by Crippen LogP contribution is 2.10. The Bertz CT molecular complexity index is 463. The number of allylic oxidation sites excluding steroid dienone is 1. The molecule has 0 saturated heterocycles. The lowest BCUT2D eigenvalue weighted by Gasteiger charge is -2.08. The molecule has 1 atom stereocenters. The summed E-state index contributed by atoms with van der Waals surface area (Å²) < 4.78 is 26.3. The maximum atomic E-state index is 11.9. The van der Waals surface area contributed by atoms with Gasteiger partial charge in [-0.3, -0.25) is 0 Å². The highest BCUT2D eigenvalue weighted by molar-refractivity contribution is 7.89. The van der Waals surface area contributed by atoms with Crippen LogP contribution in [0.3, 0.4) is 0 Å². The molecule has 0 aliphatic carbocycles. The molecule has 4 heteroatoms. The smallest absolute Gasteiger partial charge is 0.211 e. The number of nitrogens with one attached hydrogen (secondary N) is 1. The Morgan fingerprint density at radius 1 is 1.35 bits per heavy atom. The van der Waals surface area contributed by atoms with Crippen LogP contribution in [-0.2, 0) is 10.0 Å². The molecule has 0 aromatic heterocycles. The van der Waals surface area contributed by atoms with E-state index in [2.05, 4.69) is 11.3 Å². The normalized spacial score (nSPS) is 13.3. The minimum Gasteiger partial charge on any atom is -0.211 e. The van der Waals surface area contributed by atoms with Gasteiger partial charge in [0.25, 0.3) is 0 Å². The molecule has 0 saturated carbocycles. The van der Waals surface area contributed by atoms with Gasteiger partial charge in [0.05, 0.1) is 4.90 Å². The molecule has 0 aliphatic rings. The first-order chi connectivity index (χ1) is 7.95. The molecule has 0 aliphatic heterocycles. The van der Waals surface area contributed by atoms with Crippen molar-refractivity contribution in [2.24, 2.45) is 5.92 Å². The molecule has 1 unspecified atom stereocenters. The largest absolute Gasteiger partial charge is 0.240 e. The fraction of sp³-hybridized carbons (Fsp3) is 0.385. The number of sulfonamides is 1. The first-order valence-corrected chi connectivity index (χ1v) is 7.13. The molecule has 1 aromatic rings. The van der Waals surface area contributed by atoms with Crippen molar-refractivity contribution < 1.29 is 8.42 Å². The third-order valence-electron chi connectivity index (χ3n) is 2.63. The van der Waals surface area contributed by atoms with Gasteiger partial charge in [-0.25, -0.2) is 13.1 Å². The van der Waals surface area contributed by atoms with Crippen molar-refractivity contribution in [3.05, 3.63) is 42.5 Å². The zero-order valence-corrected chi connectivity index (χ0v) is 11.1. The van der Waals surface area contributed by atoms with E-state index in [0.717, 1.165) is 12.0 Å². The summed E-state index contributed by atoms with van der Waals surface area (Å²) in [6.45, 7) is 8.03. The van der Waals surface area contributed by atoms with Crippen LogP contribution >= 0.6 is 0 Å². The van der Waals surface area contributed by atoms with Crippen LogP contribution in [0.5, 0.6) is 0 Å². The molecule has 1 N–H and O–H groups in total. The van der Waals surface area contributed by atoms with Gasteiger partial charge in [0.1, 0.15) is 0 Å². The van der Waals surface area contributed by atoms with Crippen LogP contribution in [-0.4, -0.2) is 15.0 Å². The standard InChI is InChI=1S/C13H19NO2S/c1-4-11(2)9-10-14-17(15,16)13-7-5-12(3)6-8-13/h4-8,11,14H,1,9-10H2,2-3H3. The first-order valence-electron chi connectivity index (χ1n) is 5.64. The van der Waals surface area contributed by atoms with E-state index in [1.54, 1.807) is 24.3 Å². The summed E-state index contributed by atoms with van der Waals surface area (Å²) in [7, 11) is -3.37. The van der Waals surface area contributed by atoms with Gasteiger partial charge in [-0.1, -0.05) is 30.7 Å². The Labute approximate surface area is 104 Å². The van der Waals surface area contributed by atoms with E-state index in [9.17, 15) is 8.42 Å². The van der Waals surface area contributed by atoms with Gasteiger partial charge in [0.15, 0.2) is 0 Å². The van der Waals surface area contributed by atoms with Gasteiger partial charge in [-0.15, -0.1) is 6.58 Å². The summed E-state index contributed by atoms with van der Waals surface area (Å²) >= 11 is 0. The zero-order valence-electron chi connectivity index (χ0n) is 10.3. The molecule has 17 heavy (non-hydrogen) atoms. The topological polar surface area (TPSA) is 46.2 Å². The number of hydrogen-bond acceptors (Lipinski definition) is 2. The van der Waals surface area contributed by atoms with Crippen LogP contribution in [0, 0.1) is 12.8 Å². The first kappa shape index (κ1) is 13.9. The average Bonchev–Trinajstić information content (AvgIpc) is 2.29. The second kappa shape index (κ2) is 5.98. The maximum absolute atomic E-state index is 11.9. The number of hydrogen-bond donors (Lipinski definition) is 1. The van der Waals surface area contributed by atoms with E-state index < -0.39 is 10.0 Å². The fourth-order valence-electron chi connectivity index (χ4n) is 1.34. The SMILES string of the molecule is C=CC(C)CCNS(=O)(=O)c1ccc(C)cc1. The number of benzene rings is 1. The van der Waals surface area contributed by atoms with Gasteiger partial charge in [0, 0.05) is 6.54 Å². The Hall–Kier alpha value is -1.13. The summed E-state index contributed by atoms with van der Waals surface area (Å²) in [6, 6.07) is 6.82. The van der Waals surface area contributed by atoms with Crippen LogP contribution in [0.25, 0.3) is 0 Å². The zero-order chi connectivity index (χ0) is 12.9. The van der Waals surface area contributed by atoms with Gasteiger partial charge in [-0.05, 0) is 31.4 Å². The average molecular weight is 253 g/mol. The van der Waals surface area contributed by atoms with Gasteiger partial charge in [0.2, 0.25) is 10.0 Å². The fourth-order valence-corrected chi connectivity index (χ4v) is 2.39. The lowest BCUT2D eigenvalue weighted by Crippen LogP contribution is -2.25. The monoisotopic (exact) mass is 253 g/mol. The van der Waals surface area contributed by atoms with Crippen molar-refractivity contribution in [1.82, 2.24) is 4.72 Å². The van der Waals surface area contributed by atoms with Crippen LogP contribution in [0.15, 0.2) is 41.8 Å². The van der Waals surface area contributed by atoms with E-state index >= 15 is 0 Å². The maximum Gasteiger partial charge on any atom is 0.240 e. The summed E-state index contributed by atoms with van der Waals surface area (Å²) in [4.78, 5) is 0.314. The second-order valence-electron chi connectivity index (χ2n) is 4.21. The molecule has 0 heterocycles. The minimum atomic E-state index is -3.37. The van der Waals surface area contributed by atoms with E-state index in [4.69, 9.17) is 0 Å². The van der Waals surface area contributed by atoms with E-state index in [1.807, 2.05) is 19.9 Å². The Balaban J connectivity index is 2.63. The predicted molar refractivity (Wildman–Crippen MR) is 70.3 cm³/mol. The van der Waals surface area contributed by atoms with Crippen LogP contribution in [0.1, 0.15) is 18.9 Å². The van der Waals surface area contributed by atoms with Crippen molar-refractivity contribution in [3.63, 3.8) is 0 Å². The molecule has 1 aromatic carbocycles. The Morgan fingerprint density at radius 2 is 1.94 bits per heavy atom. The lowest BCUT2D eigenvalue weighted by atomic mass is 10.1. The lowest BCUT2D eigenvalue weighted by molar-refractivity contribution is 0.568. The Morgan fingerprint density at radius 3 is 2.47 bits per heavy atom. The quantitative estimate of drug-likeness (QED) is 0.792. The van der Waals surface area contributed by atoms with Crippen LogP contribution < -0.4 is 4.72 Å². The van der Waals surface area contributed by atoms with E-state index in [0.29, 0.717) is 17.4 Å². The number of aryl methyl sites for hydroxylation is 1. The molecular weight excluding hydrogens is 234 g/mol. The third-order valence-corrected chi connectivity index (χ3v) is 4.10. The summed E-state index contributed by atoms with van der Waals surface area (Å²) in [5, 5.41) is 0. The molecule has 0 amide bonds. The summed E-state index contributed by atoms with van der Waals surface area (Å²) in [5.74, 6) is 0.315. The second-order valence-corrected chi connectivity index (χ2v) is 5.98. The summed E-state index contributed by atoms with van der Waals surface area (Å²) in [6.07, 6.45) is 2.58. The molecule has 3 nitrogen and oxygen atoms in total. The highest BCUT2D eigenvalue weighted by Gasteiger charge is 2.12. The summed E-state index contributed by atoms with van der Waals surface area (Å²) in [5.41, 5.74) is 1.05. The van der Waals surface area contributed by atoms with E-state index in [1.165, 1.54) is 0 Å². The van der Waals surface area contributed by atoms with Gasteiger partial charge < -0.3 is 0 Å². The molecular formula is C13H19NO2S.